The number of imidazole rings is 1. The van der Waals surface area contributed by atoms with Crippen LogP contribution in [0, 0.1) is 0 Å². The zero-order chi connectivity index (χ0) is 31.2. The number of ketones is 2. The molecule has 2 aromatic rings. The zero-order valence-corrected chi connectivity index (χ0v) is 27.5. The number of thiocarbonyl (C=S) groups is 1. The number of hydrogen-bond acceptors (Lipinski definition) is 8. The largest absolute Gasteiger partial charge is 0.374 e. The first-order chi connectivity index (χ1) is 21.3. The normalized spacial score (nSPS) is 23.0. The van der Waals surface area contributed by atoms with E-state index in [2.05, 4.69) is 43.0 Å². The lowest BCUT2D eigenvalue weighted by Gasteiger charge is -2.33. The molecule has 0 aliphatic carbocycles. The van der Waals surface area contributed by atoms with Crippen molar-refractivity contribution in [1.82, 2.24) is 4.57 Å². The third-order valence-electron chi connectivity index (χ3n) is 9.07. The Morgan fingerprint density at radius 2 is 1.80 bits per heavy atom. The Labute approximate surface area is 269 Å². The monoisotopic (exact) mass is 641 g/mol. The number of aromatic nitrogens is 2. The number of Topliss-reactive ketones (excluding diaryl/α,β-unsaturated/α-hetero) is 2. The summed E-state index contributed by atoms with van der Waals surface area (Å²) in [4.78, 5) is 35.4. The van der Waals surface area contributed by atoms with E-state index in [0.29, 0.717) is 17.6 Å². The maximum absolute atomic E-state index is 12.5. The molecule has 44 heavy (non-hydrogen) atoms. The van der Waals surface area contributed by atoms with Gasteiger partial charge in [0.05, 0.1) is 24.8 Å². The van der Waals surface area contributed by atoms with Crippen LogP contribution in [0.2, 0.25) is 0 Å². The fraction of sp³-hybridized carbons (Fsp3) is 0.531. The molecule has 10 nitrogen and oxygen atoms in total. The molecule has 12 heteroatoms. The number of carbonyl (C=O) groups excluding carboxylic acids is 2. The van der Waals surface area contributed by atoms with E-state index in [1.165, 1.54) is 43.5 Å². The number of hydrogen-bond donors (Lipinski definition) is 1. The van der Waals surface area contributed by atoms with Crippen LogP contribution in [0.1, 0.15) is 82.9 Å². The van der Waals surface area contributed by atoms with Crippen molar-refractivity contribution in [3.63, 3.8) is 0 Å². The van der Waals surface area contributed by atoms with Crippen LogP contribution in [-0.4, -0.2) is 55.4 Å². The Bertz CT molecular complexity index is 1420. The van der Waals surface area contributed by atoms with E-state index >= 15 is 0 Å². The minimum Gasteiger partial charge on any atom is -0.296 e. The van der Waals surface area contributed by atoms with Gasteiger partial charge in [0.15, 0.2) is 31.2 Å². The number of amidine groups is 1. The van der Waals surface area contributed by atoms with Gasteiger partial charge in [-0.1, -0.05) is 50.0 Å². The summed E-state index contributed by atoms with van der Waals surface area (Å²) < 4.78 is 10.5. The summed E-state index contributed by atoms with van der Waals surface area (Å²) in [6, 6.07) is 8.07. The number of benzene rings is 1. The van der Waals surface area contributed by atoms with E-state index in [-0.39, 0.29) is 17.9 Å². The van der Waals surface area contributed by atoms with Crippen molar-refractivity contribution in [2.45, 2.75) is 95.9 Å². The number of aliphatic imine (C=N–C) groups is 1. The lowest BCUT2D eigenvalue weighted by Crippen LogP contribution is -2.54. The first-order valence-corrected chi connectivity index (χ1v) is 16.8. The SMILES string of the molecule is CC(=O)C[n+]1ccn2c1C[N+]1(CCCCCCCCCC(=S)Cc3ccc(SOON)cc3)CC3=NC=C[N+]3(CC(C)=O)C21. The minimum atomic E-state index is 0.0556. The third kappa shape index (κ3) is 7.28. The Hall–Kier alpha value is -2.58. The van der Waals surface area contributed by atoms with Gasteiger partial charge in [0.2, 0.25) is 0 Å². The molecule has 0 spiro atoms. The Kier molecular flexibility index (Phi) is 10.9. The van der Waals surface area contributed by atoms with Crippen LogP contribution < -0.4 is 10.5 Å². The lowest BCUT2D eigenvalue weighted by atomic mass is 10.0. The van der Waals surface area contributed by atoms with Gasteiger partial charge in [-0.25, -0.2) is 9.05 Å². The average molecular weight is 642 g/mol. The smallest absolute Gasteiger partial charge is 0.296 e. The van der Waals surface area contributed by atoms with E-state index < -0.39 is 0 Å². The van der Waals surface area contributed by atoms with Crippen LogP contribution in [0.3, 0.4) is 0 Å². The van der Waals surface area contributed by atoms with Gasteiger partial charge < -0.3 is 0 Å². The summed E-state index contributed by atoms with van der Waals surface area (Å²) in [5, 5.41) is 0. The van der Waals surface area contributed by atoms with Crippen LogP contribution in [0.25, 0.3) is 0 Å². The molecule has 0 bridgehead atoms. The second kappa shape index (κ2) is 14.7. The second-order valence-corrected chi connectivity index (χ2v) is 13.9. The molecule has 2 N–H and O–H groups in total. The van der Waals surface area contributed by atoms with Crippen molar-refractivity contribution in [2.75, 3.05) is 19.6 Å². The highest BCUT2D eigenvalue weighted by Gasteiger charge is 2.71. The molecule has 3 atom stereocenters. The minimum absolute atomic E-state index is 0.0556. The van der Waals surface area contributed by atoms with Crippen LogP contribution >= 0.6 is 24.3 Å². The van der Waals surface area contributed by atoms with Gasteiger partial charge >= 0.3 is 12.1 Å². The molecule has 0 saturated carbocycles. The predicted octanol–water partition coefficient (Wildman–Crippen LogP) is 5.02. The van der Waals surface area contributed by atoms with Crippen LogP contribution in [0.15, 0.2) is 58.9 Å². The maximum Gasteiger partial charge on any atom is 0.374 e. The maximum atomic E-state index is 12.5. The number of nitrogens with zero attached hydrogens (tertiary/aromatic N) is 5. The molecule has 4 heterocycles. The van der Waals surface area contributed by atoms with E-state index in [0.717, 1.165) is 77.4 Å². The average Bonchev–Trinajstić information content (AvgIpc) is 3.68. The topological polar surface area (TPSA) is 99.8 Å². The fourth-order valence-electron chi connectivity index (χ4n) is 7.30. The van der Waals surface area contributed by atoms with Crippen molar-refractivity contribution in [3.8, 4) is 0 Å². The van der Waals surface area contributed by atoms with E-state index in [4.69, 9.17) is 23.1 Å². The summed E-state index contributed by atoms with van der Waals surface area (Å²) in [6.07, 6.45) is 18.3. The third-order valence-corrected chi connectivity index (χ3v) is 10.0. The van der Waals surface area contributed by atoms with Gasteiger partial charge in [0, 0.05) is 18.2 Å². The van der Waals surface area contributed by atoms with Gasteiger partial charge in [0.1, 0.15) is 25.1 Å². The molecule has 1 aromatic heterocycles. The Balaban J connectivity index is 1.06. The number of fused-ring (bicyclic) bond motifs is 5. The summed E-state index contributed by atoms with van der Waals surface area (Å²) in [5.41, 5.74) is 1.21. The molecule has 0 radical (unpaired) electrons. The molecule has 3 aliphatic rings. The van der Waals surface area contributed by atoms with Crippen LogP contribution in [0.4, 0.5) is 0 Å². The molecule has 236 valence electrons. The molecule has 3 unspecified atom stereocenters. The number of rotatable bonds is 19. The number of carbonyl (C=O) groups is 2. The van der Waals surface area contributed by atoms with Gasteiger partial charge in [-0.3, -0.25) is 9.59 Å². The standard InChI is InChI=1S/C32H45N6O4S2/c1-25(39)21-35-16-17-36-31(35)24-37(23-30-34-15-19-38(30,32(36)37)22-26(2)40)18-9-7-5-3-4-6-8-10-28(43)20-27-11-13-29(14-12-27)44-42-41-33/h11-17,19,32H,3-10,18,20-24,33H2,1-2H3/q+3. The summed E-state index contributed by atoms with van der Waals surface area (Å²) >= 11 is 6.73. The quantitative estimate of drug-likeness (QED) is 0.0438. The van der Waals surface area contributed by atoms with Crippen molar-refractivity contribution in [2.24, 2.45) is 10.9 Å². The number of quaternary nitrogens is 2. The summed E-state index contributed by atoms with van der Waals surface area (Å²) in [7, 11) is 0. The highest BCUT2D eigenvalue weighted by Crippen LogP contribution is 2.49. The van der Waals surface area contributed by atoms with E-state index in [9.17, 15) is 9.59 Å². The second-order valence-electron chi connectivity index (χ2n) is 12.5. The van der Waals surface area contributed by atoms with Crippen molar-refractivity contribution >= 4 is 46.5 Å². The summed E-state index contributed by atoms with van der Waals surface area (Å²) in [5.74, 6) is 7.46. The molecule has 0 amide bonds. The molecule has 1 fully saturated rings. The van der Waals surface area contributed by atoms with Crippen LogP contribution in [0.5, 0.6) is 0 Å². The van der Waals surface area contributed by atoms with Crippen molar-refractivity contribution in [3.05, 3.63) is 60.4 Å². The predicted molar refractivity (Wildman–Crippen MR) is 172 cm³/mol. The van der Waals surface area contributed by atoms with Gasteiger partial charge in [-0.15, -0.1) is 13.9 Å². The molecule has 1 saturated heterocycles. The van der Waals surface area contributed by atoms with E-state index in [1.54, 1.807) is 13.8 Å². The van der Waals surface area contributed by atoms with Gasteiger partial charge in [0.25, 0.3) is 5.84 Å². The molecule has 3 aliphatic heterocycles. The Morgan fingerprint density at radius 1 is 1.07 bits per heavy atom. The molecular weight excluding hydrogens is 597 g/mol. The molecular formula is C32H45N6O4S2+3. The zero-order valence-electron chi connectivity index (χ0n) is 25.9. The highest BCUT2D eigenvalue weighted by atomic mass is 32.2. The molecule has 1 aromatic carbocycles. The van der Waals surface area contributed by atoms with Gasteiger partial charge in [-0.2, -0.15) is 15.4 Å². The van der Waals surface area contributed by atoms with E-state index in [1.807, 2.05) is 24.5 Å². The fourth-order valence-corrected chi connectivity index (χ4v) is 7.97. The van der Waals surface area contributed by atoms with Crippen molar-refractivity contribution in [1.29, 1.82) is 0 Å². The lowest BCUT2D eigenvalue weighted by molar-refractivity contribution is -1.07. The molecule has 5 rings (SSSR count). The highest BCUT2D eigenvalue weighted by molar-refractivity contribution is 7.94. The van der Waals surface area contributed by atoms with Gasteiger partial charge in [-0.05, 0) is 55.2 Å². The Morgan fingerprint density at radius 3 is 2.50 bits per heavy atom. The number of unbranched alkanes of at least 4 members (excludes halogenated alkanes) is 6. The van der Waals surface area contributed by atoms with Crippen LogP contribution in [-0.2, 0) is 38.4 Å². The number of nitrogens with two attached hydrogens (primary N) is 1. The first-order valence-electron chi connectivity index (χ1n) is 15.6. The first kappa shape index (κ1) is 32.8. The summed E-state index contributed by atoms with van der Waals surface area (Å²) in [6.45, 7) is 6.86. The van der Waals surface area contributed by atoms with Crippen molar-refractivity contribution < 1.29 is 32.4 Å².